The summed E-state index contributed by atoms with van der Waals surface area (Å²) in [5.41, 5.74) is 0. The number of imidazole rings is 1. The zero-order valence-corrected chi connectivity index (χ0v) is 11.9. The zero-order chi connectivity index (χ0) is 13.2. The Morgan fingerprint density at radius 3 is 3.05 bits per heavy atom. The smallest absolute Gasteiger partial charge is 0.203 e. The van der Waals surface area contributed by atoms with Crippen molar-refractivity contribution < 1.29 is 4.74 Å². The standard InChI is InChI=1S/C14H24N4O/c1-11(10-19-2)18-8-6-15-14(18)16-12-5-7-17(9-12)13-3-4-13/h6,8,11-13H,3-5,7,9-10H2,1-2H3,(H,15,16). The molecule has 1 aliphatic heterocycles. The van der Waals surface area contributed by atoms with Crippen molar-refractivity contribution >= 4 is 5.95 Å². The van der Waals surface area contributed by atoms with Crippen molar-refractivity contribution in [2.75, 3.05) is 32.1 Å². The summed E-state index contributed by atoms with van der Waals surface area (Å²) < 4.78 is 7.39. The van der Waals surface area contributed by atoms with Gasteiger partial charge in [-0.3, -0.25) is 4.90 Å². The highest BCUT2D eigenvalue weighted by atomic mass is 16.5. The molecule has 2 unspecified atom stereocenters. The molecular weight excluding hydrogens is 240 g/mol. The highest BCUT2D eigenvalue weighted by molar-refractivity contribution is 5.29. The van der Waals surface area contributed by atoms with Crippen LogP contribution in [-0.2, 0) is 4.74 Å². The summed E-state index contributed by atoms with van der Waals surface area (Å²) in [4.78, 5) is 7.06. The summed E-state index contributed by atoms with van der Waals surface area (Å²) in [6.07, 6.45) is 7.90. The lowest BCUT2D eigenvalue weighted by molar-refractivity contribution is 0.163. The van der Waals surface area contributed by atoms with Crippen molar-refractivity contribution in [1.82, 2.24) is 14.5 Å². The average molecular weight is 264 g/mol. The Hall–Kier alpha value is -1.07. The Kier molecular flexibility index (Phi) is 3.75. The van der Waals surface area contributed by atoms with Gasteiger partial charge in [-0.15, -0.1) is 0 Å². The second-order valence-corrected chi connectivity index (χ2v) is 5.82. The maximum absolute atomic E-state index is 5.22. The van der Waals surface area contributed by atoms with Crippen LogP contribution in [0.4, 0.5) is 5.95 Å². The summed E-state index contributed by atoms with van der Waals surface area (Å²) in [7, 11) is 1.74. The number of rotatable bonds is 6. The molecule has 106 valence electrons. The number of hydrogen-bond donors (Lipinski definition) is 1. The first-order valence-corrected chi connectivity index (χ1v) is 7.30. The first-order chi connectivity index (χ1) is 9.28. The van der Waals surface area contributed by atoms with Gasteiger partial charge in [0.2, 0.25) is 5.95 Å². The van der Waals surface area contributed by atoms with E-state index < -0.39 is 0 Å². The third-order valence-corrected chi connectivity index (χ3v) is 4.17. The van der Waals surface area contributed by atoms with Crippen LogP contribution >= 0.6 is 0 Å². The molecule has 1 N–H and O–H groups in total. The number of nitrogens with one attached hydrogen (secondary N) is 1. The van der Waals surface area contributed by atoms with Crippen molar-refractivity contribution in [2.24, 2.45) is 0 Å². The van der Waals surface area contributed by atoms with E-state index in [2.05, 4.69) is 26.7 Å². The van der Waals surface area contributed by atoms with Gasteiger partial charge in [-0.05, 0) is 26.2 Å². The molecule has 2 aliphatic rings. The zero-order valence-electron chi connectivity index (χ0n) is 11.9. The summed E-state index contributed by atoms with van der Waals surface area (Å²) in [6.45, 7) is 5.26. The topological polar surface area (TPSA) is 42.3 Å². The molecule has 1 saturated heterocycles. The summed E-state index contributed by atoms with van der Waals surface area (Å²) in [5, 5.41) is 3.60. The molecule has 2 fully saturated rings. The van der Waals surface area contributed by atoms with Gasteiger partial charge in [-0.1, -0.05) is 0 Å². The van der Waals surface area contributed by atoms with Crippen LogP contribution in [0.1, 0.15) is 32.2 Å². The minimum absolute atomic E-state index is 0.316. The van der Waals surface area contributed by atoms with Crippen LogP contribution in [0.3, 0.4) is 0 Å². The largest absolute Gasteiger partial charge is 0.383 e. The minimum Gasteiger partial charge on any atom is -0.383 e. The fraction of sp³-hybridized carbons (Fsp3) is 0.786. The molecule has 0 aromatic carbocycles. The Bertz CT molecular complexity index is 415. The number of likely N-dealkylation sites (tertiary alicyclic amines) is 1. The first kappa shape index (κ1) is 12.9. The average Bonchev–Trinajstić information content (AvgIpc) is 2.97. The Morgan fingerprint density at radius 2 is 2.32 bits per heavy atom. The SMILES string of the molecule is COCC(C)n1ccnc1NC1CCN(C2CC2)C1. The van der Waals surface area contributed by atoms with Crippen LogP contribution < -0.4 is 5.32 Å². The number of anilines is 1. The van der Waals surface area contributed by atoms with Gasteiger partial charge < -0.3 is 14.6 Å². The van der Waals surface area contributed by atoms with Crippen LogP contribution in [0.5, 0.6) is 0 Å². The van der Waals surface area contributed by atoms with Crippen molar-refractivity contribution in [3.8, 4) is 0 Å². The number of nitrogens with zero attached hydrogens (tertiary/aromatic N) is 3. The van der Waals surface area contributed by atoms with Gasteiger partial charge in [-0.2, -0.15) is 0 Å². The third kappa shape index (κ3) is 2.92. The molecule has 1 aromatic rings. The van der Waals surface area contributed by atoms with Gasteiger partial charge in [0, 0.05) is 44.7 Å². The molecular formula is C14H24N4O. The normalized spacial score (nSPS) is 25.7. The summed E-state index contributed by atoms with van der Waals surface area (Å²) >= 11 is 0. The van der Waals surface area contributed by atoms with Gasteiger partial charge in [0.15, 0.2) is 0 Å². The molecule has 2 atom stereocenters. The van der Waals surface area contributed by atoms with E-state index in [4.69, 9.17) is 4.74 Å². The predicted octanol–water partition coefficient (Wildman–Crippen LogP) is 1.74. The first-order valence-electron chi connectivity index (χ1n) is 7.30. The van der Waals surface area contributed by atoms with E-state index >= 15 is 0 Å². The monoisotopic (exact) mass is 264 g/mol. The lowest BCUT2D eigenvalue weighted by atomic mass is 10.3. The number of aromatic nitrogens is 2. The number of methoxy groups -OCH3 is 1. The third-order valence-electron chi connectivity index (χ3n) is 4.17. The molecule has 0 spiro atoms. The minimum atomic E-state index is 0.316. The van der Waals surface area contributed by atoms with E-state index in [-0.39, 0.29) is 0 Å². The van der Waals surface area contributed by atoms with Crippen LogP contribution in [0.25, 0.3) is 0 Å². The van der Waals surface area contributed by atoms with Crippen LogP contribution in [-0.4, -0.2) is 53.3 Å². The maximum Gasteiger partial charge on any atom is 0.203 e. The van der Waals surface area contributed by atoms with E-state index in [0.717, 1.165) is 18.5 Å². The molecule has 5 nitrogen and oxygen atoms in total. The quantitative estimate of drug-likeness (QED) is 0.850. The summed E-state index contributed by atoms with van der Waals surface area (Å²) in [5.74, 6) is 0.979. The Balaban J connectivity index is 1.59. The molecule has 0 amide bonds. The highest BCUT2D eigenvalue weighted by Crippen LogP contribution is 2.30. The van der Waals surface area contributed by atoms with Gasteiger partial charge in [-0.25, -0.2) is 4.98 Å². The van der Waals surface area contributed by atoms with Gasteiger partial charge in [0.05, 0.1) is 12.6 Å². The maximum atomic E-state index is 5.22. The fourth-order valence-corrected chi connectivity index (χ4v) is 2.96. The van der Waals surface area contributed by atoms with Crippen LogP contribution in [0.15, 0.2) is 12.4 Å². The van der Waals surface area contributed by atoms with E-state index in [1.54, 1.807) is 7.11 Å². The van der Waals surface area contributed by atoms with Crippen molar-refractivity contribution in [2.45, 2.75) is 44.3 Å². The lowest BCUT2D eigenvalue weighted by Gasteiger charge is -2.19. The molecule has 1 aliphatic carbocycles. The molecule has 1 saturated carbocycles. The molecule has 5 heteroatoms. The predicted molar refractivity (Wildman–Crippen MR) is 75.4 cm³/mol. The lowest BCUT2D eigenvalue weighted by Crippen LogP contribution is -2.29. The fourth-order valence-electron chi connectivity index (χ4n) is 2.96. The van der Waals surface area contributed by atoms with Gasteiger partial charge >= 0.3 is 0 Å². The van der Waals surface area contributed by atoms with E-state index in [1.165, 1.54) is 25.8 Å². The van der Waals surface area contributed by atoms with E-state index in [0.29, 0.717) is 18.7 Å². The highest BCUT2D eigenvalue weighted by Gasteiger charge is 2.34. The van der Waals surface area contributed by atoms with Crippen molar-refractivity contribution in [3.63, 3.8) is 0 Å². The molecule has 19 heavy (non-hydrogen) atoms. The van der Waals surface area contributed by atoms with Crippen LogP contribution in [0.2, 0.25) is 0 Å². The van der Waals surface area contributed by atoms with E-state index in [1.807, 2.05) is 12.4 Å². The van der Waals surface area contributed by atoms with Crippen molar-refractivity contribution in [1.29, 1.82) is 0 Å². The summed E-state index contributed by atoms with van der Waals surface area (Å²) in [6, 6.07) is 1.73. The second-order valence-electron chi connectivity index (χ2n) is 5.82. The number of hydrogen-bond acceptors (Lipinski definition) is 4. The van der Waals surface area contributed by atoms with E-state index in [9.17, 15) is 0 Å². The molecule has 0 bridgehead atoms. The van der Waals surface area contributed by atoms with Crippen LogP contribution in [0, 0.1) is 0 Å². The van der Waals surface area contributed by atoms with Crippen molar-refractivity contribution in [3.05, 3.63) is 12.4 Å². The number of ether oxygens (including phenoxy) is 1. The molecule has 2 heterocycles. The molecule has 1 aromatic heterocycles. The second kappa shape index (κ2) is 5.51. The molecule has 3 rings (SSSR count). The Morgan fingerprint density at radius 1 is 1.47 bits per heavy atom. The Labute approximate surface area is 114 Å². The van der Waals surface area contributed by atoms with Gasteiger partial charge in [0.25, 0.3) is 0 Å². The molecule has 0 radical (unpaired) electrons. The van der Waals surface area contributed by atoms with Gasteiger partial charge in [0.1, 0.15) is 0 Å².